The number of carbonyl (C=O) groups excluding carboxylic acids is 2. The van der Waals surface area contributed by atoms with Crippen molar-refractivity contribution < 1.29 is 14.3 Å². The quantitative estimate of drug-likeness (QED) is 0.511. The summed E-state index contributed by atoms with van der Waals surface area (Å²) in [5, 5.41) is 16.5. The zero-order chi connectivity index (χ0) is 26.2. The normalized spacial score (nSPS) is 21.5. The van der Waals surface area contributed by atoms with E-state index < -0.39 is 6.04 Å². The van der Waals surface area contributed by atoms with Gasteiger partial charge in [0.2, 0.25) is 5.91 Å². The number of rotatable bonds is 10. The number of nitrogens with zero attached hydrogens (tertiary/aromatic N) is 3. The Kier molecular flexibility index (Phi) is 9.59. The molecule has 1 aromatic heterocycles. The van der Waals surface area contributed by atoms with Gasteiger partial charge in [0.1, 0.15) is 6.04 Å². The summed E-state index contributed by atoms with van der Waals surface area (Å²) in [7, 11) is 0. The van der Waals surface area contributed by atoms with Crippen LogP contribution in [0.5, 0.6) is 0 Å². The Hall–Kier alpha value is -2.89. The summed E-state index contributed by atoms with van der Waals surface area (Å²) >= 11 is 0. The van der Waals surface area contributed by atoms with Gasteiger partial charge >= 0.3 is 0 Å². The number of ether oxygens (including phenoxy) is 1. The molecule has 1 saturated carbocycles. The molecule has 3 atom stereocenters. The molecule has 200 valence electrons. The maximum absolute atomic E-state index is 13.2. The SMILES string of the molecule is CC(C)C[C@@H](C#N)NC(=O)[C@@H]1CCCC[C@@H]1NC(=O)c1ccc2c(ccn2CCCN2CCOCC2)c1. The first-order valence-corrected chi connectivity index (χ1v) is 13.8. The molecule has 1 aliphatic heterocycles. The standard InChI is InChI=1S/C29H41N5O3/c1-21(2)18-24(20-30)31-29(36)25-6-3-4-7-26(25)32-28(35)23-8-9-27-22(19-23)10-13-34(27)12-5-11-33-14-16-37-17-15-33/h8-10,13,19,21,24-26H,3-7,11-12,14-18H2,1-2H3,(H,31,36)(H,32,35)/t24-,25+,26-/m0/s1. The van der Waals surface area contributed by atoms with E-state index in [1.54, 1.807) is 0 Å². The molecule has 1 aromatic carbocycles. The Bertz CT molecular complexity index is 1100. The molecule has 2 N–H and O–H groups in total. The summed E-state index contributed by atoms with van der Waals surface area (Å²) in [6.07, 6.45) is 7.22. The molecule has 8 nitrogen and oxygen atoms in total. The van der Waals surface area contributed by atoms with Gasteiger partial charge in [0.05, 0.1) is 25.2 Å². The topological polar surface area (TPSA) is 99.4 Å². The number of aromatic nitrogens is 1. The van der Waals surface area contributed by atoms with Crippen LogP contribution in [0.25, 0.3) is 10.9 Å². The van der Waals surface area contributed by atoms with E-state index in [4.69, 9.17) is 4.74 Å². The molecule has 2 amide bonds. The third-order valence-electron chi connectivity index (χ3n) is 7.61. The van der Waals surface area contributed by atoms with Crippen LogP contribution in [0.3, 0.4) is 0 Å². The summed E-state index contributed by atoms with van der Waals surface area (Å²) in [6.45, 7) is 9.73. The Morgan fingerprint density at radius 2 is 1.92 bits per heavy atom. The van der Waals surface area contributed by atoms with Crippen LogP contribution in [0.4, 0.5) is 0 Å². The minimum absolute atomic E-state index is 0.123. The van der Waals surface area contributed by atoms with Gasteiger partial charge in [-0.25, -0.2) is 0 Å². The maximum atomic E-state index is 13.2. The van der Waals surface area contributed by atoms with Crippen molar-refractivity contribution >= 4 is 22.7 Å². The van der Waals surface area contributed by atoms with E-state index in [9.17, 15) is 14.9 Å². The van der Waals surface area contributed by atoms with Crippen LogP contribution in [0.1, 0.15) is 62.7 Å². The van der Waals surface area contributed by atoms with Gasteiger partial charge in [-0.15, -0.1) is 0 Å². The fraction of sp³-hybridized carbons (Fsp3) is 0.621. The molecule has 0 radical (unpaired) electrons. The van der Waals surface area contributed by atoms with Gasteiger partial charge in [-0.3, -0.25) is 14.5 Å². The van der Waals surface area contributed by atoms with Crippen molar-refractivity contribution in [1.29, 1.82) is 5.26 Å². The molecule has 37 heavy (non-hydrogen) atoms. The second-order valence-electron chi connectivity index (χ2n) is 10.9. The number of carbonyl (C=O) groups is 2. The van der Waals surface area contributed by atoms with Gasteiger partial charge in [0.25, 0.3) is 5.91 Å². The lowest BCUT2D eigenvalue weighted by Crippen LogP contribution is -2.50. The van der Waals surface area contributed by atoms with E-state index in [2.05, 4.69) is 38.4 Å². The smallest absolute Gasteiger partial charge is 0.251 e. The van der Waals surface area contributed by atoms with Crippen molar-refractivity contribution in [3.63, 3.8) is 0 Å². The van der Waals surface area contributed by atoms with Gasteiger partial charge in [0.15, 0.2) is 0 Å². The van der Waals surface area contributed by atoms with E-state index >= 15 is 0 Å². The lowest BCUT2D eigenvalue weighted by molar-refractivity contribution is -0.127. The third-order valence-corrected chi connectivity index (χ3v) is 7.61. The van der Waals surface area contributed by atoms with Gasteiger partial charge in [-0.1, -0.05) is 26.7 Å². The summed E-state index contributed by atoms with van der Waals surface area (Å²) in [5.74, 6) is -0.258. The minimum atomic E-state index is -0.494. The predicted molar refractivity (Wildman–Crippen MR) is 144 cm³/mol. The van der Waals surface area contributed by atoms with Crippen molar-refractivity contribution in [3.05, 3.63) is 36.0 Å². The molecule has 1 saturated heterocycles. The summed E-state index contributed by atoms with van der Waals surface area (Å²) in [5.41, 5.74) is 1.74. The second-order valence-corrected chi connectivity index (χ2v) is 10.9. The molecule has 2 aromatic rings. The average molecular weight is 508 g/mol. The molecule has 0 spiro atoms. The van der Waals surface area contributed by atoms with E-state index in [-0.39, 0.29) is 23.8 Å². The van der Waals surface area contributed by atoms with E-state index in [1.165, 1.54) is 0 Å². The van der Waals surface area contributed by atoms with Crippen molar-refractivity contribution in [2.45, 2.75) is 71.0 Å². The number of nitriles is 1. The monoisotopic (exact) mass is 507 g/mol. The summed E-state index contributed by atoms with van der Waals surface area (Å²) in [6, 6.07) is 9.39. The highest BCUT2D eigenvalue weighted by molar-refractivity contribution is 5.98. The van der Waals surface area contributed by atoms with Crippen molar-refractivity contribution in [2.24, 2.45) is 11.8 Å². The molecule has 0 bridgehead atoms. The minimum Gasteiger partial charge on any atom is -0.379 e. The summed E-state index contributed by atoms with van der Waals surface area (Å²) in [4.78, 5) is 28.6. The Balaban J connectivity index is 1.35. The van der Waals surface area contributed by atoms with E-state index in [0.29, 0.717) is 17.9 Å². The van der Waals surface area contributed by atoms with Crippen LogP contribution in [-0.2, 0) is 16.1 Å². The third kappa shape index (κ3) is 7.33. The molecule has 2 aliphatic rings. The maximum Gasteiger partial charge on any atom is 0.251 e. The van der Waals surface area contributed by atoms with Crippen LogP contribution in [0.15, 0.2) is 30.5 Å². The molecule has 1 aliphatic carbocycles. The molecular formula is C29H41N5O3. The number of fused-ring (bicyclic) bond motifs is 1. The van der Waals surface area contributed by atoms with Crippen LogP contribution >= 0.6 is 0 Å². The highest BCUT2D eigenvalue weighted by atomic mass is 16.5. The van der Waals surface area contributed by atoms with Gasteiger partial charge in [-0.2, -0.15) is 5.26 Å². The highest BCUT2D eigenvalue weighted by Crippen LogP contribution is 2.26. The molecule has 2 fully saturated rings. The molecule has 4 rings (SSSR count). The summed E-state index contributed by atoms with van der Waals surface area (Å²) < 4.78 is 7.68. The van der Waals surface area contributed by atoms with Crippen LogP contribution < -0.4 is 10.6 Å². The first kappa shape index (κ1) is 27.2. The number of aryl methyl sites for hydroxylation is 1. The molecule has 2 heterocycles. The lowest BCUT2D eigenvalue weighted by atomic mass is 9.83. The first-order chi connectivity index (χ1) is 17.9. The first-order valence-electron chi connectivity index (χ1n) is 13.8. The van der Waals surface area contributed by atoms with Crippen LogP contribution in [0.2, 0.25) is 0 Å². The zero-order valence-electron chi connectivity index (χ0n) is 22.2. The Labute approximate surface area is 220 Å². The van der Waals surface area contributed by atoms with Crippen molar-refractivity contribution in [1.82, 2.24) is 20.1 Å². The van der Waals surface area contributed by atoms with Crippen molar-refractivity contribution in [2.75, 3.05) is 32.8 Å². The fourth-order valence-corrected chi connectivity index (χ4v) is 5.59. The van der Waals surface area contributed by atoms with Crippen molar-refractivity contribution in [3.8, 4) is 6.07 Å². The predicted octanol–water partition coefficient (Wildman–Crippen LogP) is 3.71. The number of benzene rings is 1. The van der Waals surface area contributed by atoms with Gasteiger partial charge in [0, 0.05) is 54.9 Å². The number of hydrogen-bond donors (Lipinski definition) is 2. The van der Waals surface area contributed by atoms with Crippen LogP contribution in [-0.4, -0.2) is 66.2 Å². The number of amides is 2. The molecule has 0 unspecified atom stereocenters. The van der Waals surface area contributed by atoms with Crippen LogP contribution in [0, 0.1) is 23.2 Å². The van der Waals surface area contributed by atoms with E-state index in [0.717, 1.165) is 82.4 Å². The van der Waals surface area contributed by atoms with Gasteiger partial charge in [-0.05, 0) is 55.9 Å². The van der Waals surface area contributed by atoms with E-state index in [1.807, 2.05) is 32.0 Å². The largest absolute Gasteiger partial charge is 0.379 e. The molecular weight excluding hydrogens is 466 g/mol. The van der Waals surface area contributed by atoms with Gasteiger partial charge < -0.3 is 19.9 Å². The Morgan fingerprint density at radius 3 is 2.68 bits per heavy atom. The number of hydrogen-bond acceptors (Lipinski definition) is 5. The average Bonchev–Trinajstić information content (AvgIpc) is 3.31. The fourth-order valence-electron chi connectivity index (χ4n) is 5.59. The zero-order valence-corrected chi connectivity index (χ0v) is 22.2. The Morgan fingerprint density at radius 1 is 1.14 bits per heavy atom. The number of nitrogens with one attached hydrogen (secondary N) is 2. The second kappa shape index (κ2) is 13.1. The number of morpholine rings is 1. The highest BCUT2D eigenvalue weighted by Gasteiger charge is 2.33. The lowest BCUT2D eigenvalue weighted by Gasteiger charge is -2.32. The molecule has 8 heteroatoms.